The summed E-state index contributed by atoms with van der Waals surface area (Å²) >= 11 is 0. The van der Waals surface area contributed by atoms with E-state index >= 15 is 0 Å². The minimum atomic E-state index is -0.0710. The van der Waals surface area contributed by atoms with Crippen molar-refractivity contribution < 1.29 is 19.2 Å². The van der Waals surface area contributed by atoms with Crippen LogP contribution in [0.4, 0.5) is 0 Å². The maximum absolute atomic E-state index is 12.8. The van der Waals surface area contributed by atoms with Crippen LogP contribution in [-0.4, -0.2) is 34.6 Å². The van der Waals surface area contributed by atoms with Gasteiger partial charge in [0.1, 0.15) is 11.5 Å². The van der Waals surface area contributed by atoms with Crippen LogP contribution in [0, 0.1) is 0 Å². The number of aryl methyl sites for hydroxylation is 1. The fraction of sp³-hybridized carbons (Fsp3) is 0.391. The average molecular weight is 392 g/mol. The Hall–Kier alpha value is -3.02. The molecule has 1 aromatic carbocycles. The number of carbonyl (C=O) groups is 2. The number of carbonyl (C=O) groups excluding carboxylic acids is 2. The fourth-order valence-electron chi connectivity index (χ4n) is 4.31. The Kier molecular flexibility index (Phi) is 5.43. The molecule has 0 saturated heterocycles. The molecular weight excluding hydrogens is 368 g/mol. The third-order valence-corrected chi connectivity index (χ3v) is 5.79. The van der Waals surface area contributed by atoms with Gasteiger partial charge in [-0.25, -0.2) is 0 Å². The highest BCUT2D eigenvalue weighted by Crippen LogP contribution is 2.34. The van der Waals surface area contributed by atoms with Crippen LogP contribution in [0.25, 0.3) is 0 Å². The molecule has 1 unspecified atom stereocenters. The molecular formula is C23H24N2O4. The third kappa shape index (κ3) is 3.79. The zero-order valence-electron chi connectivity index (χ0n) is 16.5. The molecule has 0 aliphatic heterocycles. The summed E-state index contributed by atoms with van der Waals surface area (Å²) in [5, 5.41) is 14.6. The van der Waals surface area contributed by atoms with Crippen LogP contribution < -0.4 is 0 Å². The number of aliphatic hydroxyl groups is 1. The number of hydrogen-bond acceptors (Lipinski definition) is 6. The van der Waals surface area contributed by atoms with E-state index in [-0.39, 0.29) is 29.7 Å². The number of ketones is 2. The van der Waals surface area contributed by atoms with Crippen molar-refractivity contribution in [2.24, 2.45) is 4.99 Å². The normalized spacial score (nSPS) is 22.7. The second-order valence-electron chi connectivity index (χ2n) is 7.64. The van der Waals surface area contributed by atoms with Crippen LogP contribution in [0.1, 0.15) is 65.4 Å². The van der Waals surface area contributed by atoms with Crippen molar-refractivity contribution in [2.45, 2.75) is 50.9 Å². The topological polar surface area (TPSA) is 92.8 Å². The van der Waals surface area contributed by atoms with Gasteiger partial charge in [-0.05, 0) is 24.3 Å². The Labute approximate surface area is 169 Å². The van der Waals surface area contributed by atoms with E-state index in [1.807, 2.05) is 30.3 Å². The molecule has 4 rings (SSSR count). The first-order chi connectivity index (χ1) is 14.1. The molecule has 1 heterocycles. The van der Waals surface area contributed by atoms with E-state index in [1.54, 1.807) is 7.05 Å². The monoisotopic (exact) mass is 392 g/mol. The summed E-state index contributed by atoms with van der Waals surface area (Å²) in [6.45, 7) is 0. The lowest BCUT2D eigenvalue weighted by atomic mass is 9.81. The first kappa shape index (κ1) is 19.3. The number of aromatic nitrogens is 1. The van der Waals surface area contributed by atoms with E-state index in [0.29, 0.717) is 60.4 Å². The number of allylic oxidation sites excluding steroid dienone is 2. The van der Waals surface area contributed by atoms with E-state index in [4.69, 9.17) is 4.52 Å². The zero-order chi connectivity index (χ0) is 20.4. The predicted octanol–water partition coefficient (Wildman–Crippen LogP) is 4.16. The van der Waals surface area contributed by atoms with Crippen LogP contribution >= 0.6 is 0 Å². The van der Waals surface area contributed by atoms with Crippen molar-refractivity contribution in [1.82, 2.24) is 5.16 Å². The molecule has 0 bridgehead atoms. The Morgan fingerprint density at radius 2 is 1.97 bits per heavy atom. The van der Waals surface area contributed by atoms with Crippen LogP contribution in [0.3, 0.4) is 0 Å². The Balaban J connectivity index is 1.52. The molecule has 2 aliphatic rings. The number of aliphatic hydroxyl groups excluding tert-OH is 1. The highest BCUT2D eigenvalue weighted by molar-refractivity contribution is 6.24. The number of rotatable bonds is 4. The van der Waals surface area contributed by atoms with Gasteiger partial charge in [-0.1, -0.05) is 35.5 Å². The number of fused-ring (bicyclic) bond motifs is 1. The lowest BCUT2D eigenvalue weighted by Crippen LogP contribution is -2.21. The SMILES string of the molecule is CN=C1CCCC(=O)/C1=C(/O)CCc1noc2c1C(=O)CC(c1ccccc1)C2. The molecule has 2 aromatic rings. The highest BCUT2D eigenvalue weighted by Gasteiger charge is 2.33. The number of aliphatic imine (C=N–C) groups is 1. The summed E-state index contributed by atoms with van der Waals surface area (Å²) in [4.78, 5) is 29.2. The zero-order valence-corrected chi connectivity index (χ0v) is 16.5. The fourth-order valence-corrected chi connectivity index (χ4v) is 4.31. The van der Waals surface area contributed by atoms with Crippen molar-refractivity contribution >= 4 is 17.3 Å². The average Bonchev–Trinajstić information content (AvgIpc) is 3.16. The van der Waals surface area contributed by atoms with Crippen LogP contribution in [-0.2, 0) is 17.6 Å². The van der Waals surface area contributed by atoms with Gasteiger partial charge in [0.05, 0.1) is 16.8 Å². The van der Waals surface area contributed by atoms with Gasteiger partial charge in [0.2, 0.25) is 0 Å². The minimum absolute atomic E-state index is 0.0213. The molecule has 0 amide bonds. The van der Waals surface area contributed by atoms with Crippen LogP contribution in [0.2, 0.25) is 0 Å². The molecule has 6 heteroatoms. The lowest BCUT2D eigenvalue weighted by Gasteiger charge is -2.20. The molecule has 2 aliphatic carbocycles. The van der Waals surface area contributed by atoms with Crippen LogP contribution in [0.5, 0.6) is 0 Å². The maximum atomic E-state index is 12.8. The van der Waals surface area contributed by atoms with Crippen molar-refractivity contribution in [1.29, 1.82) is 0 Å². The van der Waals surface area contributed by atoms with Gasteiger partial charge >= 0.3 is 0 Å². The molecule has 1 N–H and O–H groups in total. The first-order valence-electron chi connectivity index (χ1n) is 10.1. The number of nitrogens with zero attached hydrogens (tertiary/aromatic N) is 2. The molecule has 0 spiro atoms. The summed E-state index contributed by atoms with van der Waals surface area (Å²) in [5.41, 5.74) is 3.22. The molecule has 1 aromatic heterocycles. The molecule has 1 atom stereocenters. The second-order valence-corrected chi connectivity index (χ2v) is 7.64. The largest absolute Gasteiger partial charge is 0.511 e. The Bertz CT molecular complexity index is 1000. The van der Waals surface area contributed by atoms with Gasteiger partial charge in [0, 0.05) is 44.9 Å². The van der Waals surface area contributed by atoms with E-state index < -0.39 is 0 Å². The predicted molar refractivity (Wildman–Crippen MR) is 109 cm³/mol. The summed E-state index contributed by atoms with van der Waals surface area (Å²) in [6.07, 6.45) is 3.52. The molecule has 29 heavy (non-hydrogen) atoms. The number of benzene rings is 1. The van der Waals surface area contributed by atoms with Gasteiger partial charge in [0.15, 0.2) is 11.6 Å². The molecule has 1 saturated carbocycles. The molecule has 150 valence electrons. The first-order valence-corrected chi connectivity index (χ1v) is 10.1. The van der Waals surface area contributed by atoms with Gasteiger partial charge in [0.25, 0.3) is 0 Å². The highest BCUT2D eigenvalue weighted by atomic mass is 16.5. The van der Waals surface area contributed by atoms with Gasteiger partial charge in [-0.15, -0.1) is 0 Å². The van der Waals surface area contributed by atoms with Gasteiger partial charge in [-0.2, -0.15) is 0 Å². The van der Waals surface area contributed by atoms with E-state index in [0.717, 1.165) is 12.0 Å². The Morgan fingerprint density at radius 3 is 2.72 bits per heavy atom. The van der Waals surface area contributed by atoms with E-state index in [1.165, 1.54) is 0 Å². The van der Waals surface area contributed by atoms with Crippen molar-refractivity contribution in [2.75, 3.05) is 7.05 Å². The summed E-state index contributed by atoms with van der Waals surface area (Å²) in [7, 11) is 1.64. The number of Topliss-reactive ketones (excluding diaryl/α,β-unsaturated/α-hetero) is 2. The molecule has 0 radical (unpaired) electrons. The lowest BCUT2D eigenvalue weighted by molar-refractivity contribution is -0.115. The van der Waals surface area contributed by atoms with Crippen molar-refractivity contribution in [3.8, 4) is 0 Å². The molecule has 1 fully saturated rings. The number of hydrogen-bond donors (Lipinski definition) is 1. The standard InChI is InChI=1S/C23H24N2O4/c1-24-16-8-5-9-18(26)22(16)19(27)11-10-17-23-20(28)12-15(13-21(23)29-25-17)14-6-3-2-4-7-14/h2-4,6-7,15,27H,5,8-13H2,1H3/b22-19+,24-16?. The minimum Gasteiger partial charge on any atom is -0.511 e. The second kappa shape index (κ2) is 8.15. The summed E-state index contributed by atoms with van der Waals surface area (Å²) < 4.78 is 5.49. The van der Waals surface area contributed by atoms with Gasteiger partial charge < -0.3 is 9.63 Å². The van der Waals surface area contributed by atoms with Crippen molar-refractivity contribution in [3.63, 3.8) is 0 Å². The third-order valence-electron chi connectivity index (χ3n) is 5.79. The Morgan fingerprint density at radius 1 is 1.17 bits per heavy atom. The van der Waals surface area contributed by atoms with Gasteiger partial charge in [-0.3, -0.25) is 14.6 Å². The van der Waals surface area contributed by atoms with E-state index in [2.05, 4.69) is 10.1 Å². The van der Waals surface area contributed by atoms with Crippen LogP contribution in [0.15, 0.2) is 51.2 Å². The summed E-state index contributed by atoms with van der Waals surface area (Å²) in [6, 6.07) is 9.95. The quantitative estimate of drug-likeness (QED) is 0.623. The summed E-state index contributed by atoms with van der Waals surface area (Å²) in [5.74, 6) is 0.682. The van der Waals surface area contributed by atoms with E-state index in [9.17, 15) is 14.7 Å². The smallest absolute Gasteiger partial charge is 0.168 e. The van der Waals surface area contributed by atoms with Crippen molar-refractivity contribution in [3.05, 3.63) is 64.2 Å². The maximum Gasteiger partial charge on any atom is 0.168 e. The molecule has 6 nitrogen and oxygen atoms in total.